The molecule has 0 spiro atoms. The smallest absolute Gasteiger partial charge is 0.178 e. The molecule has 1 unspecified atom stereocenters. The molecule has 0 aliphatic rings. The third kappa shape index (κ3) is 3.54. The summed E-state index contributed by atoms with van der Waals surface area (Å²) in [4.78, 5) is 1.21. The van der Waals surface area contributed by atoms with Gasteiger partial charge in [-0.25, -0.2) is 0 Å². The molecule has 1 atom stereocenters. The highest BCUT2D eigenvalue weighted by atomic mass is 32.2. The summed E-state index contributed by atoms with van der Waals surface area (Å²) in [5.74, 6) is 0. The molecule has 0 aliphatic carbocycles. The third-order valence-corrected chi connectivity index (χ3v) is 4.63. The van der Waals surface area contributed by atoms with Gasteiger partial charge in [0.1, 0.15) is 5.51 Å². The summed E-state index contributed by atoms with van der Waals surface area (Å²) in [6.07, 6.45) is 1.97. The van der Waals surface area contributed by atoms with Crippen molar-refractivity contribution < 1.29 is 0 Å². The summed E-state index contributed by atoms with van der Waals surface area (Å²) >= 11 is 3.22. The van der Waals surface area contributed by atoms with E-state index in [1.807, 2.05) is 0 Å². The minimum absolute atomic E-state index is 0.255. The number of rotatable bonds is 5. The maximum Gasteiger partial charge on any atom is 0.178 e. The lowest BCUT2D eigenvalue weighted by Crippen LogP contribution is -2.21. The van der Waals surface area contributed by atoms with Crippen molar-refractivity contribution in [3.8, 4) is 0 Å². The number of nitrogens with zero attached hydrogens (tertiary/aromatic N) is 2. The van der Waals surface area contributed by atoms with Gasteiger partial charge in [0.05, 0.1) is 0 Å². The van der Waals surface area contributed by atoms with Gasteiger partial charge in [-0.2, -0.15) is 0 Å². The van der Waals surface area contributed by atoms with Gasteiger partial charge < -0.3 is 5.73 Å². The number of hydrogen-bond donors (Lipinski definition) is 1. The Hall–Kier alpha value is -0.910. The first-order valence-electron chi connectivity index (χ1n) is 5.98. The molecule has 2 rings (SSSR count). The van der Waals surface area contributed by atoms with Crippen molar-refractivity contribution in [2.45, 2.75) is 42.0 Å². The van der Waals surface area contributed by atoms with Crippen LogP contribution in [0.15, 0.2) is 32.9 Å². The molecule has 1 aromatic heterocycles. The predicted octanol–water partition coefficient (Wildman–Crippen LogP) is 3.28. The first-order valence-corrected chi connectivity index (χ1v) is 7.67. The van der Waals surface area contributed by atoms with Gasteiger partial charge in [-0.05, 0) is 43.0 Å². The molecule has 0 amide bonds. The average Bonchev–Trinajstić information content (AvgIpc) is 2.85. The summed E-state index contributed by atoms with van der Waals surface area (Å²) in [6.45, 7) is 4.27. The number of hydrogen-bond acceptors (Lipinski definition) is 5. The van der Waals surface area contributed by atoms with Gasteiger partial charge in [0.15, 0.2) is 4.34 Å². The summed E-state index contributed by atoms with van der Waals surface area (Å²) < 4.78 is 0.979. The predicted molar refractivity (Wildman–Crippen MR) is 77.2 cm³/mol. The van der Waals surface area contributed by atoms with Crippen LogP contribution in [0.2, 0.25) is 0 Å². The van der Waals surface area contributed by atoms with Crippen molar-refractivity contribution in [3.63, 3.8) is 0 Å². The molecule has 5 heteroatoms. The zero-order valence-corrected chi connectivity index (χ0v) is 12.2. The molecule has 1 heterocycles. The van der Waals surface area contributed by atoms with Crippen molar-refractivity contribution in [1.82, 2.24) is 10.2 Å². The molecule has 0 saturated heterocycles. The third-order valence-electron chi connectivity index (χ3n) is 2.87. The first kappa shape index (κ1) is 13.5. The highest BCUT2D eigenvalue weighted by molar-refractivity contribution is 8.01. The van der Waals surface area contributed by atoms with Gasteiger partial charge in [-0.1, -0.05) is 36.1 Å². The maximum absolute atomic E-state index is 6.00. The van der Waals surface area contributed by atoms with Crippen LogP contribution in [0.25, 0.3) is 0 Å². The van der Waals surface area contributed by atoms with Crippen LogP contribution in [0.4, 0.5) is 0 Å². The molecule has 1 aromatic carbocycles. The zero-order chi connectivity index (χ0) is 13.0. The molecule has 2 N–H and O–H groups in total. The van der Waals surface area contributed by atoms with E-state index in [0.29, 0.717) is 0 Å². The molecule has 0 bridgehead atoms. The van der Waals surface area contributed by atoms with Crippen LogP contribution in [0, 0.1) is 6.92 Å². The Morgan fingerprint density at radius 1 is 1.44 bits per heavy atom. The molecule has 96 valence electrons. The Kier molecular flexibility index (Phi) is 4.74. The number of aromatic nitrogens is 2. The lowest BCUT2D eigenvalue weighted by atomic mass is 10.0. The van der Waals surface area contributed by atoms with Crippen LogP contribution in [-0.2, 0) is 6.42 Å². The molecular weight excluding hydrogens is 262 g/mol. The van der Waals surface area contributed by atoms with E-state index in [-0.39, 0.29) is 6.04 Å². The van der Waals surface area contributed by atoms with E-state index in [2.05, 4.69) is 42.2 Å². The molecule has 18 heavy (non-hydrogen) atoms. The van der Waals surface area contributed by atoms with Crippen molar-refractivity contribution >= 4 is 23.1 Å². The van der Waals surface area contributed by atoms with E-state index in [9.17, 15) is 0 Å². The average molecular weight is 279 g/mol. The summed E-state index contributed by atoms with van der Waals surface area (Å²) in [7, 11) is 0. The van der Waals surface area contributed by atoms with Crippen molar-refractivity contribution in [1.29, 1.82) is 0 Å². The van der Waals surface area contributed by atoms with Gasteiger partial charge in [-0.15, -0.1) is 10.2 Å². The Morgan fingerprint density at radius 3 is 2.89 bits per heavy atom. The molecule has 3 nitrogen and oxygen atoms in total. The highest BCUT2D eigenvalue weighted by Crippen LogP contribution is 2.29. The van der Waals surface area contributed by atoms with Gasteiger partial charge >= 0.3 is 0 Å². The minimum Gasteiger partial charge on any atom is -0.327 e. The zero-order valence-electron chi connectivity index (χ0n) is 10.6. The quantitative estimate of drug-likeness (QED) is 0.912. The Labute approximate surface area is 116 Å². The van der Waals surface area contributed by atoms with E-state index >= 15 is 0 Å². The fraction of sp³-hybridized carbons (Fsp3) is 0.385. The van der Waals surface area contributed by atoms with Crippen LogP contribution in [0.3, 0.4) is 0 Å². The standard InChI is InChI=1S/C13H17N3S2/c1-3-11(14)7-10-4-5-12(6-9(10)2)18-13-16-15-8-17-13/h4-6,8,11H,3,7,14H2,1-2H3. The summed E-state index contributed by atoms with van der Waals surface area (Å²) in [5, 5.41) is 7.88. The molecule has 0 aliphatic heterocycles. The van der Waals surface area contributed by atoms with Crippen molar-refractivity contribution in [2.75, 3.05) is 0 Å². The second-order valence-corrected chi connectivity index (χ2v) is 6.42. The van der Waals surface area contributed by atoms with Gasteiger partial charge in [-0.3, -0.25) is 0 Å². The Balaban J connectivity index is 2.09. The van der Waals surface area contributed by atoms with Crippen LogP contribution >= 0.6 is 23.1 Å². The number of nitrogens with two attached hydrogens (primary N) is 1. The summed E-state index contributed by atoms with van der Waals surface area (Å²) in [6, 6.07) is 6.76. The van der Waals surface area contributed by atoms with E-state index in [1.54, 1.807) is 28.6 Å². The van der Waals surface area contributed by atoms with Crippen LogP contribution in [0.1, 0.15) is 24.5 Å². The monoisotopic (exact) mass is 279 g/mol. The van der Waals surface area contributed by atoms with Crippen LogP contribution < -0.4 is 5.73 Å². The van der Waals surface area contributed by atoms with Crippen molar-refractivity contribution in [3.05, 3.63) is 34.8 Å². The molecule has 2 aromatic rings. The van der Waals surface area contributed by atoms with E-state index in [1.165, 1.54) is 16.0 Å². The molecule has 0 fully saturated rings. The number of aryl methyl sites for hydroxylation is 1. The Bertz CT molecular complexity index is 497. The van der Waals surface area contributed by atoms with Gasteiger partial charge in [0, 0.05) is 10.9 Å². The summed E-state index contributed by atoms with van der Waals surface area (Å²) in [5.41, 5.74) is 10.4. The van der Waals surface area contributed by atoms with Crippen molar-refractivity contribution in [2.24, 2.45) is 5.73 Å². The SMILES string of the molecule is CCC(N)Cc1ccc(Sc2nncs2)cc1C. The van der Waals surface area contributed by atoms with E-state index in [4.69, 9.17) is 5.73 Å². The highest BCUT2D eigenvalue weighted by Gasteiger charge is 2.07. The van der Waals surface area contributed by atoms with Gasteiger partial charge in [0.25, 0.3) is 0 Å². The lowest BCUT2D eigenvalue weighted by molar-refractivity contribution is 0.644. The second kappa shape index (κ2) is 6.31. The fourth-order valence-electron chi connectivity index (χ4n) is 1.70. The van der Waals surface area contributed by atoms with Crippen LogP contribution in [-0.4, -0.2) is 16.2 Å². The van der Waals surface area contributed by atoms with Gasteiger partial charge in [0.2, 0.25) is 0 Å². The van der Waals surface area contributed by atoms with Crippen LogP contribution in [0.5, 0.6) is 0 Å². The number of benzene rings is 1. The molecular formula is C13H17N3S2. The minimum atomic E-state index is 0.255. The van der Waals surface area contributed by atoms with E-state index in [0.717, 1.165) is 17.2 Å². The topological polar surface area (TPSA) is 51.8 Å². The Morgan fingerprint density at radius 2 is 2.28 bits per heavy atom. The molecule has 0 radical (unpaired) electrons. The maximum atomic E-state index is 6.00. The van der Waals surface area contributed by atoms with E-state index < -0.39 is 0 Å². The first-order chi connectivity index (χ1) is 8.69. The normalized spacial score (nSPS) is 12.6. The lowest BCUT2D eigenvalue weighted by Gasteiger charge is -2.12. The molecule has 0 saturated carbocycles. The fourth-order valence-corrected chi connectivity index (χ4v) is 3.25. The largest absolute Gasteiger partial charge is 0.327 e. The second-order valence-electron chi connectivity index (χ2n) is 4.27.